The standard InChI is InChI=1S/C26H30N2O5/c1-16(24(29)28-23-14-4-2-3-13-21(23)25(30)31)27-26(32)33-15-22-19-11-7-5-9-17(19)18-10-6-8-12-20(18)22/h5-12,16,21-23H,2-4,13-15H2,1H3,(H,27,32)(H,28,29)(H,30,31)/t16-,21?,23?/m0/s1. The highest BCUT2D eigenvalue weighted by atomic mass is 16.5. The molecule has 3 atom stereocenters. The number of carbonyl (C=O) groups is 3. The summed E-state index contributed by atoms with van der Waals surface area (Å²) in [6, 6.07) is 14.9. The van der Waals surface area contributed by atoms with E-state index in [2.05, 4.69) is 22.8 Å². The van der Waals surface area contributed by atoms with Crippen molar-refractivity contribution in [3.63, 3.8) is 0 Å². The van der Waals surface area contributed by atoms with E-state index < -0.39 is 36.0 Å². The first-order valence-corrected chi connectivity index (χ1v) is 11.6. The highest BCUT2D eigenvalue weighted by Crippen LogP contribution is 2.44. The molecule has 1 fully saturated rings. The molecule has 2 aromatic carbocycles. The van der Waals surface area contributed by atoms with E-state index in [1.807, 2.05) is 36.4 Å². The second kappa shape index (κ2) is 10.1. The van der Waals surface area contributed by atoms with Crippen LogP contribution in [0.5, 0.6) is 0 Å². The van der Waals surface area contributed by atoms with Gasteiger partial charge in [0.05, 0.1) is 5.92 Å². The van der Waals surface area contributed by atoms with Crippen LogP contribution in [0.15, 0.2) is 48.5 Å². The zero-order chi connectivity index (χ0) is 23.4. The van der Waals surface area contributed by atoms with Crippen LogP contribution in [0.1, 0.15) is 56.1 Å². The quantitative estimate of drug-likeness (QED) is 0.576. The Balaban J connectivity index is 1.33. The molecule has 2 aliphatic rings. The molecule has 4 rings (SSSR count). The molecule has 174 valence electrons. The van der Waals surface area contributed by atoms with Crippen molar-refractivity contribution in [3.05, 3.63) is 59.7 Å². The van der Waals surface area contributed by atoms with Crippen molar-refractivity contribution in [2.45, 2.75) is 57.0 Å². The fourth-order valence-corrected chi connectivity index (χ4v) is 4.97. The zero-order valence-electron chi connectivity index (χ0n) is 18.8. The minimum absolute atomic E-state index is 0.0606. The zero-order valence-corrected chi connectivity index (χ0v) is 18.8. The smallest absolute Gasteiger partial charge is 0.407 e. The number of nitrogens with one attached hydrogen (secondary N) is 2. The summed E-state index contributed by atoms with van der Waals surface area (Å²) in [5, 5.41) is 14.9. The lowest BCUT2D eigenvalue weighted by molar-refractivity contribution is -0.143. The number of carboxylic acids is 1. The van der Waals surface area contributed by atoms with E-state index in [-0.39, 0.29) is 12.5 Å². The van der Waals surface area contributed by atoms with Crippen molar-refractivity contribution in [1.29, 1.82) is 0 Å². The molecule has 1 saturated carbocycles. The van der Waals surface area contributed by atoms with Crippen molar-refractivity contribution >= 4 is 18.0 Å². The highest BCUT2D eigenvalue weighted by Gasteiger charge is 2.32. The lowest BCUT2D eigenvalue weighted by Gasteiger charge is -2.25. The second-order valence-corrected chi connectivity index (χ2v) is 8.89. The summed E-state index contributed by atoms with van der Waals surface area (Å²) >= 11 is 0. The van der Waals surface area contributed by atoms with Gasteiger partial charge in [-0.2, -0.15) is 0 Å². The number of benzene rings is 2. The number of hydrogen-bond donors (Lipinski definition) is 3. The number of ether oxygens (including phenoxy) is 1. The molecule has 3 N–H and O–H groups in total. The maximum absolute atomic E-state index is 12.6. The number of fused-ring (bicyclic) bond motifs is 3. The van der Waals surface area contributed by atoms with Gasteiger partial charge in [0.15, 0.2) is 0 Å². The van der Waals surface area contributed by atoms with Crippen LogP contribution in [0.2, 0.25) is 0 Å². The molecule has 2 aliphatic carbocycles. The fourth-order valence-electron chi connectivity index (χ4n) is 4.97. The Labute approximate surface area is 193 Å². The maximum Gasteiger partial charge on any atom is 0.407 e. The summed E-state index contributed by atoms with van der Waals surface area (Å²) in [6.07, 6.45) is 3.19. The van der Waals surface area contributed by atoms with Gasteiger partial charge in [-0.1, -0.05) is 67.8 Å². The van der Waals surface area contributed by atoms with Gasteiger partial charge in [-0.3, -0.25) is 9.59 Å². The molecule has 2 aromatic rings. The molecular weight excluding hydrogens is 420 g/mol. The first-order chi connectivity index (χ1) is 16.0. The Morgan fingerprint density at radius 3 is 2.21 bits per heavy atom. The van der Waals surface area contributed by atoms with Gasteiger partial charge in [0.25, 0.3) is 0 Å². The summed E-state index contributed by atoms with van der Waals surface area (Å²) < 4.78 is 5.51. The third-order valence-corrected chi connectivity index (χ3v) is 6.73. The molecule has 0 radical (unpaired) electrons. The molecule has 33 heavy (non-hydrogen) atoms. The monoisotopic (exact) mass is 450 g/mol. The number of alkyl carbamates (subject to hydrolysis) is 1. The Morgan fingerprint density at radius 2 is 1.58 bits per heavy atom. The molecular formula is C26H30N2O5. The van der Waals surface area contributed by atoms with Gasteiger partial charge in [-0.15, -0.1) is 0 Å². The lowest BCUT2D eigenvalue weighted by Crippen LogP contribution is -2.51. The third-order valence-electron chi connectivity index (χ3n) is 6.73. The molecule has 0 aliphatic heterocycles. The van der Waals surface area contributed by atoms with Crippen LogP contribution in [0.25, 0.3) is 11.1 Å². The van der Waals surface area contributed by atoms with E-state index in [4.69, 9.17) is 4.74 Å². The van der Waals surface area contributed by atoms with Crippen LogP contribution in [-0.4, -0.2) is 41.8 Å². The molecule has 2 unspecified atom stereocenters. The first kappa shape index (κ1) is 22.8. The number of carboxylic acid groups (broad SMARTS) is 1. The van der Waals surface area contributed by atoms with Crippen molar-refractivity contribution in [3.8, 4) is 11.1 Å². The Hall–Kier alpha value is -3.35. The van der Waals surface area contributed by atoms with Crippen LogP contribution in [-0.2, 0) is 14.3 Å². The van der Waals surface area contributed by atoms with E-state index in [0.717, 1.165) is 41.5 Å². The number of aliphatic carboxylic acids is 1. The molecule has 2 amide bonds. The first-order valence-electron chi connectivity index (χ1n) is 11.6. The van der Waals surface area contributed by atoms with Gasteiger partial charge in [-0.05, 0) is 42.0 Å². The molecule has 7 heteroatoms. The normalized spacial score (nSPS) is 20.6. The molecule has 0 bridgehead atoms. The number of rotatable bonds is 6. The van der Waals surface area contributed by atoms with E-state index >= 15 is 0 Å². The maximum atomic E-state index is 12.6. The van der Waals surface area contributed by atoms with Crippen LogP contribution in [0, 0.1) is 5.92 Å². The van der Waals surface area contributed by atoms with Gasteiger partial charge in [0.2, 0.25) is 5.91 Å². The van der Waals surface area contributed by atoms with Crippen LogP contribution < -0.4 is 10.6 Å². The Bertz CT molecular complexity index is 991. The second-order valence-electron chi connectivity index (χ2n) is 8.89. The van der Waals surface area contributed by atoms with Gasteiger partial charge in [0, 0.05) is 12.0 Å². The summed E-state index contributed by atoms with van der Waals surface area (Å²) in [6.45, 7) is 1.74. The minimum Gasteiger partial charge on any atom is -0.481 e. The lowest BCUT2D eigenvalue weighted by atomic mass is 9.94. The summed E-state index contributed by atoms with van der Waals surface area (Å²) in [4.78, 5) is 36.7. The van der Waals surface area contributed by atoms with Crippen molar-refractivity contribution < 1.29 is 24.2 Å². The van der Waals surface area contributed by atoms with Crippen LogP contribution in [0.3, 0.4) is 0 Å². The number of amides is 2. The van der Waals surface area contributed by atoms with E-state index in [1.165, 1.54) is 0 Å². The highest BCUT2D eigenvalue weighted by molar-refractivity contribution is 5.86. The van der Waals surface area contributed by atoms with Gasteiger partial charge < -0.3 is 20.5 Å². The summed E-state index contributed by atoms with van der Waals surface area (Å²) in [7, 11) is 0. The van der Waals surface area contributed by atoms with Crippen molar-refractivity contribution in [1.82, 2.24) is 10.6 Å². The SMILES string of the molecule is C[C@H](NC(=O)OCC1c2ccccc2-c2ccccc21)C(=O)NC1CCCCCC1C(=O)O. The van der Waals surface area contributed by atoms with Gasteiger partial charge in [-0.25, -0.2) is 4.79 Å². The van der Waals surface area contributed by atoms with E-state index in [9.17, 15) is 19.5 Å². The predicted molar refractivity (Wildman–Crippen MR) is 124 cm³/mol. The van der Waals surface area contributed by atoms with E-state index in [0.29, 0.717) is 12.8 Å². The van der Waals surface area contributed by atoms with Crippen molar-refractivity contribution in [2.24, 2.45) is 5.92 Å². The topological polar surface area (TPSA) is 105 Å². The molecule has 7 nitrogen and oxygen atoms in total. The summed E-state index contributed by atoms with van der Waals surface area (Å²) in [5.41, 5.74) is 4.52. The minimum atomic E-state index is -0.889. The third kappa shape index (κ3) is 5.02. The van der Waals surface area contributed by atoms with E-state index in [1.54, 1.807) is 6.92 Å². The Morgan fingerprint density at radius 1 is 0.970 bits per heavy atom. The number of hydrogen-bond acceptors (Lipinski definition) is 4. The summed E-state index contributed by atoms with van der Waals surface area (Å²) in [5.74, 6) is -1.95. The molecule has 0 heterocycles. The molecule has 0 saturated heterocycles. The number of carbonyl (C=O) groups excluding carboxylic acids is 2. The van der Waals surface area contributed by atoms with Gasteiger partial charge >= 0.3 is 12.1 Å². The fraction of sp³-hybridized carbons (Fsp3) is 0.423. The molecule has 0 spiro atoms. The van der Waals surface area contributed by atoms with Crippen molar-refractivity contribution in [2.75, 3.05) is 6.61 Å². The Kier molecular flexibility index (Phi) is 6.96. The average molecular weight is 451 g/mol. The molecule has 0 aromatic heterocycles. The van der Waals surface area contributed by atoms with Crippen LogP contribution in [0.4, 0.5) is 4.79 Å². The largest absolute Gasteiger partial charge is 0.481 e. The predicted octanol–water partition coefficient (Wildman–Crippen LogP) is 4.06. The van der Waals surface area contributed by atoms with Crippen LogP contribution >= 0.6 is 0 Å². The average Bonchev–Trinajstić information content (AvgIpc) is 2.94. The van der Waals surface area contributed by atoms with Gasteiger partial charge in [0.1, 0.15) is 12.6 Å².